The van der Waals surface area contributed by atoms with Crippen LogP contribution < -0.4 is 0 Å². The molecule has 0 saturated heterocycles. The molecule has 74 valence electrons. The number of hydrogen-bond donors (Lipinski definition) is 2. The van der Waals surface area contributed by atoms with Crippen LogP contribution in [0, 0.1) is 0 Å². The van der Waals surface area contributed by atoms with Crippen molar-refractivity contribution in [1.82, 2.24) is 0 Å². The Hall–Kier alpha value is -2.04. The zero-order valence-corrected chi connectivity index (χ0v) is 7.08. The van der Waals surface area contributed by atoms with E-state index in [2.05, 4.69) is 4.74 Å². The van der Waals surface area contributed by atoms with Gasteiger partial charge in [0.15, 0.2) is 0 Å². The van der Waals surface area contributed by atoms with Gasteiger partial charge in [0.2, 0.25) is 6.10 Å². The predicted molar refractivity (Wildman–Crippen MR) is 45.6 cm³/mol. The molecule has 0 bridgehead atoms. The van der Waals surface area contributed by atoms with Crippen molar-refractivity contribution in [3.63, 3.8) is 0 Å². The van der Waals surface area contributed by atoms with E-state index >= 15 is 0 Å². The van der Waals surface area contributed by atoms with Crippen LogP contribution in [-0.4, -0.2) is 22.7 Å². The molecule has 0 spiro atoms. The summed E-state index contributed by atoms with van der Waals surface area (Å²) in [4.78, 5) is 20.7. The van der Waals surface area contributed by atoms with Gasteiger partial charge >= 0.3 is 5.97 Å². The molecule has 0 aliphatic carbocycles. The number of carboxylic acid groups (broad SMARTS) is 1. The van der Waals surface area contributed by atoms with Crippen LogP contribution in [0.5, 0.6) is 5.75 Å². The lowest BCUT2D eigenvalue weighted by atomic mass is 10.1. The van der Waals surface area contributed by atoms with Crippen LogP contribution in [0.4, 0.5) is 0 Å². The number of carbonyl (C=O) groups excluding carboxylic acids is 1. The molecule has 0 aliphatic rings. The highest BCUT2D eigenvalue weighted by Gasteiger charge is 2.20. The quantitative estimate of drug-likeness (QED) is 0.692. The molecule has 5 heteroatoms. The summed E-state index contributed by atoms with van der Waals surface area (Å²) in [7, 11) is 0. The smallest absolute Gasteiger partial charge is 0.349 e. The van der Waals surface area contributed by atoms with Crippen LogP contribution in [0.15, 0.2) is 24.3 Å². The first-order chi connectivity index (χ1) is 6.65. The molecule has 0 amide bonds. The summed E-state index contributed by atoms with van der Waals surface area (Å²) < 4.78 is 4.37. The zero-order chi connectivity index (χ0) is 10.6. The number of benzene rings is 1. The summed E-state index contributed by atoms with van der Waals surface area (Å²) in [5.74, 6) is -1.24. The first-order valence-electron chi connectivity index (χ1n) is 3.76. The fourth-order valence-electron chi connectivity index (χ4n) is 0.984. The lowest BCUT2D eigenvalue weighted by Gasteiger charge is -2.09. The lowest BCUT2D eigenvalue weighted by molar-refractivity contribution is -0.156. The number of aromatic hydroxyl groups is 1. The van der Waals surface area contributed by atoms with Gasteiger partial charge in [-0.2, -0.15) is 0 Å². The molecule has 0 fully saturated rings. The van der Waals surface area contributed by atoms with Crippen LogP contribution in [0.2, 0.25) is 0 Å². The van der Waals surface area contributed by atoms with Crippen molar-refractivity contribution in [2.75, 3.05) is 0 Å². The van der Waals surface area contributed by atoms with E-state index in [-0.39, 0.29) is 12.2 Å². The molecule has 1 rings (SSSR count). The Morgan fingerprint density at radius 1 is 1.36 bits per heavy atom. The second kappa shape index (κ2) is 4.27. The summed E-state index contributed by atoms with van der Waals surface area (Å²) in [6.07, 6.45) is -1.33. The van der Waals surface area contributed by atoms with E-state index < -0.39 is 12.1 Å². The van der Waals surface area contributed by atoms with Gasteiger partial charge in [-0.1, -0.05) is 12.1 Å². The number of carboxylic acids is 1. The van der Waals surface area contributed by atoms with E-state index in [9.17, 15) is 9.59 Å². The number of hydrogen-bond acceptors (Lipinski definition) is 4. The Morgan fingerprint density at radius 2 is 1.93 bits per heavy atom. The van der Waals surface area contributed by atoms with E-state index in [1.54, 1.807) is 0 Å². The minimum atomic E-state index is -1.33. The molecule has 14 heavy (non-hydrogen) atoms. The van der Waals surface area contributed by atoms with Crippen molar-refractivity contribution in [2.45, 2.75) is 6.10 Å². The molecule has 1 unspecified atom stereocenters. The van der Waals surface area contributed by atoms with Gasteiger partial charge < -0.3 is 14.9 Å². The number of aliphatic carboxylic acids is 1. The van der Waals surface area contributed by atoms with E-state index in [4.69, 9.17) is 10.2 Å². The third-order valence-corrected chi connectivity index (χ3v) is 1.61. The maximum absolute atomic E-state index is 10.6. The van der Waals surface area contributed by atoms with Crippen LogP contribution >= 0.6 is 0 Å². The summed E-state index contributed by atoms with van der Waals surface area (Å²) in [5.41, 5.74) is 0.294. The SMILES string of the molecule is O=COC(C(=O)O)c1ccc(O)cc1. The Morgan fingerprint density at radius 3 is 2.36 bits per heavy atom. The van der Waals surface area contributed by atoms with Gasteiger partial charge in [-0.15, -0.1) is 0 Å². The van der Waals surface area contributed by atoms with Gasteiger partial charge in [0.25, 0.3) is 6.47 Å². The highest BCUT2D eigenvalue weighted by atomic mass is 16.5. The summed E-state index contributed by atoms with van der Waals surface area (Å²) >= 11 is 0. The van der Waals surface area contributed by atoms with Crippen molar-refractivity contribution in [2.24, 2.45) is 0 Å². The Balaban J connectivity index is 2.93. The molecule has 0 heterocycles. The van der Waals surface area contributed by atoms with Crippen LogP contribution in [-0.2, 0) is 14.3 Å². The zero-order valence-electron chi connectivity index (χ0n) is 7.08. The number of phenols is 1. The van der Waals surface area contributed by atoms with Gasteiger partial charge in [0, 0.05) is 5.56 Å². The molecule has 1 aromatic carbocycles. The molecule has 1 atom stereocenters. The third-order valence-electron chi connectivity index (χ3n) is 1.61. The van der Waals surface area contributed by atoms with Crippen LogP contribution in [0.3, 0.4) is 0 Å². The molecule has 5 nitrogen and oxygen atoms in total. The summed E-state index contributed by atoms with van der Waals surface area (Å²) in [6.45, 7) is 0.0750. The maximum Gasteiger partial charge on any atom is 0.349 e. The standard InChI is InChI=1S/C9H8O5/c10-5-14-8(9(12)13)6-1-3-7(11)4-2-6/h1-5,8,11H,(H,12,13). The fourth-order valence-corrected chi connectivity index (χ4v) is 0.984. The van der Waals surface area contributed by atoms with Crippen molar-refractivity contribution < 1.29 is 24.5 Å². The largest absolute Gasteiger partial charge is 0.508 e. The van der Waals surface area contributed by atoms with Crippen molar-refractivity contribution >= 4 is 12.4 Å². The lowest BCUT2D eigenvalue weighted by Crippen LogP contribution is -2.14. The molecule has 2 N–H and O–H groups in total. The average molecular weight is 196 g/mol. The van der Waals surface area contributed by atoms with E-state index in [0.29, 0.717) is 5.56 Å². The number of carbonyl (C=O) groups is 2. The van der Waals surface area contributed by atoms with Gasteiger partial charge in [-0.05, 0) is 12.1 Å². The molecular formula is C9H8O5. The summed E-state index contributed by atoms with van der Waals surface area (Å²) in [5, 5.41) is 17.6. The molecule has 0 aromatic heterocycles. The molecule has 0 aliphatic heterocycles. The Labute approximate surface area is 79.6 Å². The van der Waals surface area contributed by atoms with Crippen molar-refractivity contribution in [1.29, 1.82) is 0 Å². The second-order valence-corrected chi connectivity index (χ2v) is 2.54. The number of phenolic OH excluding ortho intramolecular Hbond substituents is 1. The average Bonchev–Trinajstić information content (AvgIpc) is 2.15. The molecular weight excluding hydrogens is 188 g/mol. The predicted octanol–water partition coefficient (Wildman–Crippen LogP) is 0.691. The third kappa shape index (κ3) is 2.22. The van der Waals surface area contributed by atoms with Gasteiger partial charge in [0.05, 0.1) is 0 Å². The second-order valence-electron chi connectivity index (χ2n) is 2.54. The van der Waals surface area contributed by atoms with E-state index in [1.165, 1.54) is 24.3 Å². The number of ether oxygens (including phenoxy) is 1. The Bertz CT molecular complexity index is 330. The Kier molecular flexibility index (Phi) is 3.06. The first kappa shape index (κ1) is 10.0. The monoisotopic (exact) mass is 196 g/mol. The molecule has 0 radical (unpaired) electrons. The van der Waals surface area contributed by atoms with Crippen molar-refractivity contribution in [3.05, 3.63) is 29.8 Å². The highest BCUT2D eigenvalue weighted by molar-refractivity contribution is 5.75. The van der Waals surface area contributed by atoms with Gasteiger partial charge in [-0.3, -0.25) is 4.79 Å². The van der Waals surface area contributed by atoms with Gasteiger partial charge in [-0.25, -0.2) is 4.79 Å². The van der Waals surface area contributed by atoms with Crippen LogP contribution in [0.25, 0.3) is 0 Å². The summed E-state index contributed by atoms with van der Waals surface area (Å²) in [6, 6.07) is 5.38. The highest BCUT2D eigenvalue weighted by Crippen LogP contribution is 2.19. The first-order valence-corrected chi connectivity index (χ1v) is 3.76. The topological polar surface area (TPSA) is 83.8 Å². The minimum Gasteiger partial charge on any atom is -0.508 e. The van der Waals surface area contributed by atoms with Crippen LogP contribution in [0.1, 0.15) is 11.7 Å². The normalized spacial score (nSPS) is 11.7. The molecule has 1 aromatic rings. The molecule has 0 saturated carbocycles. The number of rotatable bonds is 4. The maximum atomic E-state index is 10.6. The minimum absolute atomic E-state index is 0.0176. The van der Waals surface area contributed by atoms with E-state index in [1.807, 2.05) is 0 Å². The van der Waals surface area contributed by atoms with Crippen molar-refractivity contribution in [3.8, 4) is 5.75 Å². The van der Waals surface area contributed by atoms with Gasteiger partial charge in [0.1, 0.15) is 5.75 Å². The van der Waals surface area contributed by atoms with E-state index in [0.717, 1.165) is 0 Å². The fraction of sp³-hybridized carbons (Fsp3) is 0.111.